The average Bonchev–Trinajstić information content (AvgIpc) is 3.65. The number of hydrogen-bond acceptors (Lipinski definition) is 9. The predicted molar refractivity (Wildman–Crippen MR) is 125 cm³/mol. The SMILES string of the molecule is COc1cc(OCc2cn(-c3ccccc3)nn2)c2cc(-c3cn4nc(OC)sc4n3)oc2c1. The van der Waals surface area contributed by atoms with Crippen LogP contribution in [0.1, 0.15) is 5.69 Å². The third-order valence-electron chi connectivity index (χ3n) is 5.20. The lowest BCUT2D eigenvalue weighted by atomic mass is 10.2. The first kappa shape index (κ1) is 20.2. The van der Waals surface area contributed by atoms with Gasteiger partial charge in [0.1, 0.15) is 35.1 Å². The smallest absolute Gasteiger partial charge is 0.294 e. The first-order valence-electron chi connectivity index (χ1n) is 10.3. The van der Waals surface area contributed by atoms with Crippen LogP contribution in [0.4, 0.5) is 0 Å². The molecule has 0 aliphatic rings. The van der Waals surface area contributed by atoms with E-state index in [0.29, 0.717) is 44.4 Å². The highest BCUT2D eigenvalue weighted by atomic mass is 32.1. The maximum absolute atomic E-state index is 6.11. The Morgan fingerprint density at radius 1 is 1.03 bits per heavy atom. The Bertz CT molecular complexity index is 1570. The maximum atomic E-state index is 6.11. The van der Waals surface area contributed by atoms with Crippen molar-refractivity contribution in [1.29, 1.82) is 0 Å². The zero-order valence-corrected chi connectivity index (χ0v) is 19.0. The van der Waals surface area contributed by atoms with Gasteiger partial charge in [0.05, 0.1) is 37.7 Å². The van der Waals surface area contributed by atoms with Crippen LogP contribution in [0.25, 0.3) is 33.1 Å². The van der Waals surface area contributed by atoms with E-state index in [1.54, 1.807) is 29.6 Å². The van der Waals surface area contributed by atoms with E-state index in [2.05, 4.69) is 20.4 Å². The van der Waals surface area contributed by atoms with E-state index in [1.165, 1.54) is 11.3 Å². The van der Waals surface area contributed by atoms with Crippen LogP contribution >= 0.6 is 11.3 Å². The Balaban J connectivity index is 1.30. The van der Waals surface area contributed by atoms with Crippen LogP contribution in [-0.2, 0) is 6.61 Å². The minimum absolute atomic E-state index is 0.236. The molecule has 0 radical (unpaired) electrons. The summed E-state index contributed by atoms with van der Waals surface area (Å²) in [5, 5.41) is 14.1. The maximum Gasteiger partial charge on any atom is 0.294 e. The second-order valence-corrected chi connectivity index (χ2v) is 8.27. The number of methoxy groups -OCH3 is 2. The Labute approximate surface area is 196 Å². The lowest BCUT2D eigenvalue weighted by Crippen LogP contribution is -1.97. The molecular weight excluding hydrogens is 456 g/mol. The number of para-hydroxylation sites is 1. The van der Waals surface area contributed by atoms with E-state index < -0.39 is 0 Å². The highest BCUT2D eigenvalue weighted by Gasteiger charge is 2.17. The zero-order chi connectivity index (χ0) is 23.1. The molecule has 11 heteroatoms. The number of fused-ring (bicyclic) bond motifs is 2. The topological polar surface area (TPSA) is 102 Å². The first-order chi connectivity index (χ1) is 16.7. The molecule has 4 heterocycles. The molecule has 0 saturated carbocycles. The van der Waals surface area contributed by atoms with Gasteiger partial charge in [-0.3, -0.25) is 0 Å². The summed E-state index contributed by atoms with van der Waals surface area (Å²) < 4.78 is 26.2. The fraction of sp³-hybridized carbons (Fsp3) is 0.130. The van der Waals surface area contributed by atoms with E-state index >= 15 is 0 Å². The molecule has 0 aliphatic heterocycles. The highest BCUT2D eigenvalue weighted by Crippen LogP contribution is 2.37. The highest BCUT2D eigenvalue weighted by molar-refractivity contribution is 7.18. The van der Waals surface area contributed by atoms with Gasteiger partial charge < -0.3 is 18.6 Å². The third-order valence-corrected chi connectivity index (χ3v) is 6.08. The predicted octanol–water partition coefficient (Wildman–Crippen LogP) is 4.38. The molecule has 0 saturated heterocycles. The lowest BCUT2D eigenvalue weighted by Gasteiger charge is -2.07. The van der Waals surface area contributed by atoms with E-state index in [4.69, 9.17) is 18.6 Å². The molecule has 0 N–H and O–H groups in total. The molecule has 0 amide bonds. The van der Waals surface area contributed by atoms with E-state index in [1.807, 2.05) is 54.7 Å². The number of benzene rings is 2. The van der Waals surface area contributed by atoms with Crippen LogP contribution in [0.3, 0.4) is 0 Å². The number of aromatic nitrogens is 6. The van der Waals surface area contributed by atoms with Crippen molar-refractivity contribution in [2.24, 2.45) is 0 Å². The summed E-state index contributed by atoms with van der Waals surface area (Å²) in [6.45, 7) is 0.236. The van der Waals surface area contributed by atoms with E-state index in [0.717, 1.165) is 11.1 Å². The number of furan rings is 1. The third kappa shape index (κ3) is 3.61. The van der Waals surface area contributed by atoms with Gasteiger partial charge in [-0.05, 0) is 29.5 Å². The van der Waals surface area contributed by atoms with Crippen LogP contribution in [0.5, 0.6) is 16.7 Å². The largest absolute Gasteiger partial charge is 0.496 e. The minimum Gasteiger partial charge on any atom is -0.496 e. The van der Waals surface area contributed by atoms with Gasteiger partial charge in [0.2, 0.25) is 4.96 Å². The molecule has 0 spiro atoms. The van der Waals surface area contributed by atoms with Gasteiger partial charge in [-0.25, -0.2) is 14.2 Å². The van der Waals surface area contributed by atoms with Crippen molar-refractivity contribution in [2.75, 3.05) is 14.2 Å². The van der Waals surface area contributed by atoms with Crippen molar-refractivity contribution >= 4 is 27.3 Å². The van der Waals surface area contributed by atoms with Gasteiger partial charge >= 0.3 is 0 Å². The molecule has 0 unspecified atom stereocenters. The molecule has 10 nitrogen and oxygen atoms in total. The molecule has 0 fully saturated rings. The number of ether oxygens (including phenoxy) is 3. The fourth-order valence-corrected chi connectivity index (χ4v) is 4.25. The quantitative estimate of drug-likeness (QED) is 0.336. The molecule has 4 aromatic heterocycles. The molecule has 0 aliphatic carbocycles. The second-order valence-electron chi connectivity index (χ2n) is 7.35. The number of nitrogens with zero attached hydrogens (tertiary/aromatic N) is 6. The van der Waals surface area contributed by atoms with Gasteiger partial charge in [0.25, 0.3) is 5.19 Å². The number of hydrogen-bond donors (Lipinski definition) is 0. The van der Waals surface area contributed by atoms with Crippen molar-refractivity contribution in [3.63, 3.8) is 0 Å². The Kier molecular flexibility index (Phi) is 4.88. The van der Waals surface area contributed by atoms with E-state index in [-0.39, 0.29) is 6.61 Å². The van der Waals surface area contributed by atoms with Crippen molar-refractivity contribution in [1.82, 2.24) is 29.6 Å². The summed E-state index contributed by atoms with van der Waals surface area (Å²) in [4.78, 5) is 5.31. The summed E-state index contributed by atoms with van der Waals surface area (Å²) in [5.41, 5.74) is 2.90. The van der Waals surface area contributed by atoms with Crippen LogP contribution < -0.4 is 14.2 Å². The lowest BCUT2D eigenvalue weighted by molar-refractivity contribution is 0.302. The van der Waals surface area contributed by atoms with Crippen LogP contribution in [0, 0.1) is 0 Å². The van der Waals surface area contributed by atoms with Gasteiger partial charge in [-0.1, -0.05) is 23.4 Å². The van der Waals surface area contributed by atoms with Gasteiger partial charge in [0, 0.05) is 12.1 Å². The summed E-state index contributed by atoms with van der Waals surface area (Å²) in [6, 6.07) is 15.3. The van der Waals surface area contributed by atoms with Crippen molar-refractivity contribution in [3.8, 4) is 33.8 Å². The van der Waals surface area contributed by atoms with Gasteiger partial charge in [0.15, 0.2) is 5.76 Å². The Morgan fingerprint density at radius 3 is 2.71 bits per heavy atom. The van der Waals surface area contributed by atoms with Crippen molar-refractivity contribution in [2.45, 2.75) is 6.61 Å². The Morgan fingerprint density at radius 2 is 1.91 bits per heavy atom. The summed E-state index contributed by atoms with van der Waals surface area (Å²) in [6.07, 6.45) is 3.64. The standard InChI is InChI=1S/C23H18N6O4S/c1-30-16-8-19(32-13-14-11-28(27-25-14)15-6-4-3-5-7-15)17-10-21(33-20(17)9-16)18-12-29-22(24-18)34-23(26-29)31-2/h3-12H,13H2,1-2H3. The average molecular weight is 475 g/mol. The van der Waals surface area contributed by atoms with Gasteiger partial charge in [-0.15, -0.1) is 10.2 Å². The monoisotopic (exact) mass is 474 g/mol. The molecule has 170 valence electrons. The molecule has 6 rings (SSSR count). The van der Waals surface area contributed by atoms with Crippen molar-refractivity contribution in [3.05, 3.63) is 66.6 Å². The number of imidazole rings is 1. The molecule has 0 atom stereocenters. The second kappa shape index (κ2) is 8.19. The van der Waals surface area contributed by atoms with Crippen LogP contribution in [-0.4, -0.2) is 43.8 Å². The minimum atomic E-state index is 0.236. The normalized spacial score (nSPS) is 11.4. The van der Waals surface area contributed by atoms with Crippen molar-refractivity contribution < 1.29 is 18.6 Å². The summed E-state index contributed by atoms with van der Waals surface area (Å²) in [7, 11) is 3.18. The summed E-state index contributed by atoms with van der Waals surface area (Å²) >= 11 is 1.35. The Hall–Kier alpha value is -4.38. The van der Waals surface area contributed by atoms with E-state index in [9.17, 15) is 0 Å². The van der Waals surface area contributed by atoms with Crippen LogP contribution in [0.2, 0.25) is 0 Å². The molecule has 0 bridgehead atoms. The fourth-order valence-electron chi connectivity index (χ4n) is 3.55. The first-order valence-corrected chi connectivity index (χ1v) is 11.1. The number of rotatable bonds is 7. The van der Waals surface area contributed by atoms with Crippen LogP contribution in [0.15, 0.2) is 65.3 Å². The zero-order valence-electron chi connectivity index (χ0n) is 18.2. The molecule has 34 heavy (non-hydrogen) atoms. The molecule has 2 aromatic carbocycles. The summed E-state index contributed by atoms with van der Waals surface area (Å²) in [5.74, 6) is 1.83. The van der Waals surface area contributed by atoms with Gasteiger partial charge in [-0.2, -0.15) is 0 Å². The molecule has 6 aromatic rings. The molecular formula is C23H18N6O4S.